The number of rotatable bonds is 3. The lowest BCUT2D eigenvalue weighted by Gasteiger charge is -2.26. The minimum Gasteiger partial charge on any atom is -0.298 e. The van der Waals surface area contributed by atoms with E-state index in [1.165, 1.54) is 41.7 Å². The lowest BCUT2D eigenvalue weighted by atomic mass is 10.1. The van der Waals surface area contributed by atoms with Gasteiger partial charge in [0.2, 0.25) is 0 Å². The van der Waals surface area contributed by atoms with Gasteiger partial charge in [0.05, 0.1) is 0 Å². The van der Waals surface area contributed by atoms with Gasteiger partial charge in [0.1, 0.15) is 0 Å². The van der Waals surface area contributed by atoms with E-state index in [2.05, 4.69) is 56.9 Å². The van der Waals surface area contributed by atoms with E-state index in [4.69, 9.17) is 0 Å². The van der Waals surface area contributed by atoms with Gasteiger partial charge in [-0.2, -0.15) is 11.8 Å². The Morgan fingerprint density at radius 3 is 2.94 bits per heavy atom. The van der Waals surface area contributed by atoms with E-state index in [1.807, 2.05) is 0 Å². The van der Waals surface area contributed by atoms with Gasteiger partial charge in [-0.05, 0) is 24.5 Å². The van der Waals surface area contributed by atoms with Crippen LogP contribution in [0.5, 0.6) is 0 Å². The summed E-state index contributed by atoms with van der Waals surface area (Å²) in [6.07, 6.45) is 2.61. The lowest BCUT2D eigenvalue weighted by molar-refractivity contribution is 0.273. The summed E-state index contributed by atoms with van der Waals surface area (Å²) >= 11 is 5.79. The average molecular weight is 298 g/mol. The van der Waals surface area contributed by atoms with Gasteiger partial charge in [-0.1, -0.05) is 34.1 Å². The Hall–Kier alpha value is 0.01000. The highest BCUT2D eigenvalue weighted by molar-refractivity contribution is 9.10. The van der Waals surface area contributed by atoms with Crippen LogP contribution in [0.25, 0.3) is 0 Å². The number of hydrogen-bond acceptors (Lipinski definition) is 2. The molecule has 0 amide bonds. The summed E-state index contributed by atoms with van der Waals surface area (Å²) in [5.74, 6) is 1.36. The Balaban J connectivity index is 1.59. The molecule has 2 heterocycles. The van der Waals surface area contributed by atoms with Crippen molar-refractivity contribution in [2.75, 3.05) is 18.8 Å². The van der Waals surface area contributed by atoms with Crippen LogP contribution in [0.15, 0.2) is 28.7 Å². The van der Waals surface area contributed by atoms with E-state index in [1.54, 1.807) is 0 Å². The molecule has 3 rings (SSSR count). The molecule has 2 aliphatic rings. The maximum atomic E-state index is 3.62. The highest BCUT2D eigenvalue weighted by Crippen LogP contribution is 2.37. The Morgan fingerprint density at radius 2 is 2.25 bits per heavy atom. The molecule has 0 spiro atoms. The zero-order chi connectivity index (χ0) is 11.0. The summed E-state index contributed by atoms with van der Waals surface area (Å²) < 4.78 is 1.26. The summed E-state index contributed by atoms with van der Waals surface area (Å²) in [7, 11) is 0. The molecule has 2 atom stereocenters. The molecular weight excluding hydrogens is 282 g/mol. The molecule has 0 saturated carbocycles. The number of nitrogens with zero attached hydrogens (tertiary/aromatic N) is 1. The third-order valence-electron chi connectivity index (χ3n) is 3.64. The van der Waals surface area contributed by atoms with E-state index in [0.717, 1.165) is 11.3 Å². The van der Waals surface area contributed by atoms with Gasteiger partial charge in [0.25, 0.3) is 0 Å². The fourth-order valence-corrected chi connectivity index (χ4v) is 4.70. The maximum absolute atomic E-state index is 3.62. The molecule has 2 unspecified atom stereocenters. The Labute approximate surface area is 110 Å². The van der Waals surface area contributed by atoms with Crippen LogP contribution in [-0.2, 0) is 6.42 Å². The van der Waals surface area contributed by atoms with Gasteiger partial charge >= 0.3 is 0 Å². The van der Waals surface area contributed by atoms with E-state index < -0.39 is 0 Å². The quantitative estimate of drug-likeness (QED) is 0.843. The molecular formula is C13H16BrNS. The van der Waals surface area contributed by atoms with Crippen molar-refractivity contribution in [3.05, 3.63) is 34.3 Å². The molecule has 16 heavy (non-hydrogen) atoms. The van der Waals surface area contributed by atoms with Gasteiger partial charge in [-0.25, -0.2) is 0 Å². The predicted octanol–water partition coefficient (Wildman–Crippen LogP) is 3.18. The summed E-state index contributed by atoms with van der Waals surface area (Å²) in [5, 5.41) is 0.934. The highest BCUT2D eigenvalue weighted by atomic mass is 79.9. The lowest BCUT2D eigenvalue weighted by Crippen LogP contribution is -2.35. The first-order valence-electron chi connectivity index (χ1n) is 5.92. The molecule has 2 aliphatic heterocycles. The molecule has 1 aromatic rings. The van der Waals surface area contributed by atoms with E-state index in [9.17, 15) is 0 Å². The standard InChI is InChI=1S/C13H16BrNS/c14-13-4-2-1-3-10(13)5-6-15-8-12-7-11(15)9-16-12/h1-4,11-12H,5-9H2. The van der Waals surface area contributed by atoms with Crippen LogP contribution >= 0.6 is 27.7 Å². The largest absolute Gasteiger partial charge is 0.298 e. The second-order valence-corrected chi connectivity index (χ2v) is 6.87. The number of likely N-dealkylation sites (tertiary alicyclic amines) is 1. The second kappa shape index (κ2) is 4.71. The van der Waals surface area contributed by atoms with Crippen molar-refractivity contribution in [3.8, 4) is 0 Å². The predicted molar refractivity (Wildman–Crippen MR) is 74.1 cm³/mol. The smallest absolute Gasteiger partial charge is 0.0207 e. The van der Waals surface area contributed by atoms with Crippen LogP contribution in [0.2, 0.25) is 0 Å². The average Bonchev–Trinajstić information content (AvgIpc) is 2.90. The van der Waals surface area contributed by atoms with Crippen molar-refractivity contribution in [1.82, 2.24) is 4.90 Å². The Morgan fingerprint density at radius 1 is 1.38 bits per heavy atom. The topological polar surface area (TPSA) is 3.24 Å². The maximum Gasteiger partial charge on any atom is 0.0207 e. The number of benzene rings is 1. The summed E-state index contributed by atoms with van der Waals surface area (Å²) in [5.41, 5.74) is 1.44. The number of halogens is 1. The van der Waals surface area contributed by atoms with Crippen LogP contribution in [0, 0.1) is 0 Å². The van der Waals surface area contributed by atoms with Crippen LogP contribution < -0.4 is 0 Å². The Kier molecular flexibility index (Phi) is 3.27. The Bertz CT molecular complexity index is 382. The van der Waals surface area contributed by atoms with E-state index >= 15 is 0 Å². The number of fused-ring (bicyclic) bond motifs is 2. The fraction of sp³-hybridized carbons (Fsp3) is 0.538. The summed E-state index contributed by atoms with van der Waals surface area (Å²) in [6, 6.07) is 9.46. The normalized spacial score (nSPS) is 28.8. The SMILES string of the molecule is Brc1ccccc1CCN1CC2CC1CS2. The zero-order valence-electron chi connectivity index (χ0n) is 9.23. The third kappa shape index (κ3) is 2.18. The fourth-order valence-electron chi connectivity index (χ4n) is 2.72. The minimum absolute atomic E-state index is 0.873. The van der Waals surface area contributed by atoms with Gasteiger partial charge in [-0.15, -0.1) is 0 Å². The number of hydrogen-bond donors (Lipinski definition) is 0. The van der Waals surface area contributed by atoms with Gasteiger partial charge in [0.15, 0.2) is 0 Å². The summed E-state index contributed by atoms with van der Waals surface area (Å²) in [4.78, 5) is 2.68. The van der Waals surface area contributed by atoms with Crippen molar-refractivity contribution in [2.45, 2.75) is 24.1 Å². The summed E-state index contributed by atoms with van der Waals surface area (Å²) in [6.45, 7) is 2.55. The molecule has 1 aromatic carbocycles. The monoisotopic (exact) mass is 297 g/mol. The van der Waals surface area contributed by atoms with Crippen molar-refractivity contribution in [3.63, 3.8) is 0 Å². The molecule has 2 bridgehead atoms. The van der Waals surface area contributed by atoms with Gasteiger partial charge < -0.3 is 0 Å². The molecule has 1 nitrogen and oxygen atoms in total. The second-order valence-electron chi connectivity index (χ2n) is 4.68. The van der Waals surface area contributed by atoms with E-state index in [-0.39, 0.29) is 0 Å². The molecule has 86 valence electrons. The van der Waals surface area contributed by atoms with E-state index in [0.29, 0.717) is 0 Å². The third-order valence-corrected chi connectivity index (χ3v) is 5.80. The molecule has 0 aromatic heterocycles. The van der Waals surface area contributed by atoms with Gasteiger partial charge in [-0.3, -0.25) is 4.90 Å². The zero-order valence-corrected chi connectivity index (χ0v) is 11.6. The van der Waals surface area contributed by atoms with Crippen molar-refractivity contribution in [1.29, 1.82) is 0 Å². The molecule has 2 fully saturated rings. The van der Waals surface area contributed by atoms with Crippen LogP contribution in [0.4, 0.5) is 0 Å². The van der Waals surface area contributed by atoms with Crippen molar-refractivity contribution >= 4 is 27.7 Å². The molecule has 0 radical (unpaired) electrons. The molecule has 2 saturated heterocycles. The van der Waals surface area contributed by atoms with Gasteiger partial charge in [0, 0.05) is 34.6 Å². The van der Waals surface area contributed by atoms with Crippen LogP contribution in [-0.4, -0.2) is 35.0 Å². The van der Waals surface area contributed by atoms with Crippen molar-refractivity contribution < 1.29 is 0 Å². The number of thioether (sulfide) groups is 1. The van der Waals surface area contributed by atoms with Crippen LogP contribution in [0.1, 0.15) is 12.0 Å². The van der Waals surface area contributed by atoms with Crippen LogP contribution in [0.3, 0.4) is 0 Å². The first-order valence-corrected chi connectivity index (χ1v) is 7.76. The molecule has 0 N–H and O–H groups in total. The molecule has 0 aliphatic carbocycles. The highest BCUT2D eigenvalue weighted by Gasteiger charge is 2.37. The first-order chi connectivity index (χ1) is 7.83. The molecule has 3 heteroatoms. The van der Waals surface area contributed by atoms with Crippen molar-refractivity contribution in [2.24, 2.45) is 0 Å². The first kappa shape index (κ1) is 11.1. The minimum atomic E-state index is 0.873.